The van der Waals surface area contributed by atoms with E-state index in [-0.39, 0.29) is 4.90 Å². The first kappa shape index (κ1) is 20.1. The number of thiophene rings is 1. The Labute approximate surface area is 184 Å². The van der Waals surface area contributed by atoms with Crippen LogP contribution in [0.2, 0.25) is 0 Å². The number of fused-ring (bicyclic) bond motifs is 2. The Kier molecular flexibility index (Phi) is 5.21. The number of rotatable bonds is 5. The van der Waals surface area contributed by atoms with Crippen LogP contribution in [-0.2, 0) is 10.0 Å². The molecule has 1 aliphatic rings. The van der Waals surface area contributed by atoms with Crippen molar-refractivity contribution < 1.29 is 22.3 Å². The third-order valence-electron chi connectivity index (χ3n) is 5.20. The maximum absolute atomic E-state index is 13.4. The van der Waals surface area contributed by atoms with Crippen LogP contribution in [0.25, 0.3) is 11.0 Å². The second-order valence-corrected chi connectivity index (χ2v) is 10.0. The molecule has 0 spiro atoms. The van der Waals surface area contributed by atoms with Crippen LogP contribution >= 0.6 is 11.3 Å². The number of hydrogen-bond donors (Lipinski definition) is 1. The molecule has 0 aliphatic carbocycles. The monoisotopic (exact) mass is 455 g/mol. The van der Waals surface area contributed by atoms with Crippen LogP contribution in [-0.4, -0.2) is 21.6 Å². The van der Waals surface area contributed by atoms with Crippen molar-refractivity contribution in [1.82, 2.24) is 4.72 Å². The summed E-state index contributed by atoms with van der Waals surface area (Å²) in [5, 5.41) is 2.87. The van der Waals surface area contributed by atoms with Gasteiger partial charge < -0.3 is 13.9 Å². The number of sulfonamides is 1. The van der Waals surface area contributed by atoms with Crippen molar-refractivity contribution in [1.29, 1.82) is 0 Å². The maximum Gasteiger partial charge on any atom is 0.241 e. The van der Waals surface area contributed by atoms with Gasteiger partial charge in [-0.3, -0.25) is 0 Å². The minimum absolute atomic E-state index is 0.118. The van der Waals surface area contributed by atoms with Crippen molar-refractivity contribution in [2.24, 2.45) is 0 Å². The van der Waals surface area contributed by atoms with E-state index in [1.54, 1.807) is 6.07 Å². The summed E-state index contributed by atoms with van der Waals surface area (Å²) < 4.78 is 46.9. The molecule has 0 amide bonds. The molecule has 1 N–H and O–H groups in total. The Morgan fingerprint density at radius 2 is 1.81 bits per heavy atom. The summed E-state index contributed by atoms with van der Waals surface area (Å²) in [5.74, 6) is 1.54. The summed E-state index contributed by atoms with van der Waals surface area (Å²) in [7, 11) is -3.87. The predicted octanol–water partition coefficient (Wildman–Crippen LogP) is 5.03. The fourth-order valence-corrected chi connectivity index (χ4v) is 5.85. The molecule has 3 heterocycles. The van der Waals surface area contributed by atoms with E-state index in [2.05, 4.69) is 4.72 Å². The lowest BCUT2D eigenvalue weighted by molar-refractivity contribution is 0.297. The number of hydrogen-bond acceptors (Lipinski definition) is 6. The summed E-state index contributed by atoms with van der Waals surface area (Å²) in [6.07, 6.45) is 0.751. The van der Waals surface area contributed by atoms with Gasteiger partial charge in [0.05, 0.1) is 18.1 Å². The van der Waals surface area contributed by atoms with Gasteiger partial charge in [0.1, 0.15) is 17.4 Å². The molecular weight excluding hydrogens is 434 g/mol. The summed E-state index contributed by atoms with van der Waals surface area (Å²) in [4.78, 5) is 1.00. The average molecular weight is 456 g/mol. The zero-order chi connectivity index (χ0) is 21.4. The lowest BCUT2D eigenvalue weighted by Crippen LogP contribution is -2.29. The highest BCUT2D eigenvalue weighted by molar-refractivity contribution is 7.89. The third kappa shape index (κ3) is 3.94. The lowest BCUT2D eigenvalue weighted by atomic mass is 10.1. The molecule has 1 aliphatic heterocycles. The molecule has 160 valence electrons. The van der Waals surface area contributed by atoms with E-state index < -0.39 is 16.1 Å². The first-order valence-corrected chi connectivity index (χ1v) is 12.3. The fourth-order valence-electron chi connectivity index (χ4n) is 3.60. The molecule has 5 rings (SSSR count). The molecule has 0 radical (unpaired) electrons. The largest absolute Gasteiger partial charge is 0.490 e. The summed E-state index contributed by atoms with van der Waals surface area (Å²) in [6, 6.07) is 15.5. The second kappa shape index (κ2) is 8.03. The molecule has 2 aromatic heterocycles. The molecule has 2 aromatic carbocycles. The summed E-state index contributed by atoms with van der Waals surface area (Å²) in [6.45, 7) is 2.99. The van der Waals surface area contributed by atoms with E-state index in [4.69, 9.17) is 13.9 Å². The van der Waals surface area contributed by atoms with Gasteiger partial charge in [-0.1, -0.05) is 18.2 Å². The van der Waals surface area contributed by atoms with Crippen LogP contribution in [0, 0.1) is 6.92 Å². The van der Waals surface area contributed by atoms with Crippen molar-refractivity contribution in [2.75, 3.05) is 13.2 Å². The van der Waals surface area contributed by atoms with Crippen molar-refractivity contribution in [3.63, 3.8) is 0 Å². The molecule has 0 bridgehead atoms. The van der Waals surface area contributed by atoms with E-state index in [0.29, 0.717) is 36.1 Å². The second-order valence-electron chi connectivity index (χ2n) is 7.37. The van der Waals surface area contributed by atoms with Gasteiger partial charge in [0, 0.05) is 22.8 Å². The molecule has 8 heteroatoms. The molecular formula is C23H21NO5S2. The van der Waals surface area contributed by atoms with Gasteiger partial charge in [0.2, 0.25) is 10.0 Å². The molecule has 1 unspecified atom stereocenters. The number of ether oxygens (including phenoxy) is 2. The lowest BCUT2D eigenvalue weighted by Gasteiger charge is -2.17. The SMILES string of the molecule is Cc1ccsc1C(NS(=O)(=O)c1ccc2c(c1)OCCCO2)c1cc2ccccc2o1. The van der Waals surface area contributed by atoms with Gasteiger partial charge in [-0.25, -0.2) is 8.42 Å². The molecule has 0 saturated heterocycles. The standard InChI is InChI=1S/C23H21NO5S2/c1-15-9-12-30-23(15)22(21-13-16-5-2-3-6-18(16)29-21)24-31(25,26)17-7-8-19-20(14-17)28-11-4-10-27-19/h2-3,5-9,12-14,22,24H,4,10-11H2,1H3. The van der Waals surface area contributed by atoms with Crippen LogP contribution in [0.1, 0.15) is 28.7 Å². The average Bonchev–Trinajstić information content (AvgIpc) is 3.31. The molecule has 1 atom stereocenters. The van der Waals surface area contributed by atoms with Gasteiger partial charge in [-0.2, -0.15) is 4.72 Å². The molecule has 4 aromatic rings. The first-order chi connectivity index (χ1) is 15.0. The van der Waals surface area contributed by atoms with Crippen molar-refractivity contribution in [2.45, 2.75) is 24.3 Å². The van der Waals surface area contributed by atoms with Gasteiger partial charge >= 0.3 is 0 Å². The number of para-hydroxylation sites is 1. The van der Waals surface area contributed by atoms with E-state index in [1.807, 2.05) is 48.7 Å². The van der Waals surface area contributed by atoms with Crippen molar-refractivity contribution >= 4 is 32.3 Å². The Balaban J connectivity index is 1.54. The molecule has 0 saturated carbocycles. The van der Waals surface area contributed by atoms with E-state index in [0.717, 1.165) is 22.2 Å². The van der Waals surface area contributed by atoms with Crippen molar-refractivity contribution in [3.05, 3.63) is 76.2 Å². The van der Waals surface area contributed by atoms with Gasteiger partial charge in [-0.15, -0.1) is 11.3 Å². The highest BCUT2D eigenvalue weighted by atomic mass is 32.2. The van der Waals surface area contributed by atoms with Crippen molar-refractivity contribution in [3.8, 4) is 11.5 Å². The number of nitrogens with one attached hydrogen (secondary N) is 1. The smallest absolute Gasteiger partial charge is 0.241 e. The highest BCUT2D eigenvalue weighted by Gasteiger charge is 2.28. The number of furan rings is 1. The van der Waals surface area contributed by atoms with Crippen LogP contribution < -0.4 is 14.2 Å². The quantitative estimate of drug-likeness (QED) is 0.457. The summed E-state index contributed by atoms with van der Waals surface area (Å²) >= 11 is 1.49. The van der Waals surface area contributed by atoms with E-state index in [1.165, 1.54) is 23.5 Å². The Hall–Kier alpha value is -2.81. The molecule has 31 heavy (non-hydrogen) atoms. The number of benzene rings is 2. The third-order valence-corrected chi connectivity index (χ3v) is 7.70. The fraction of sp³-hybridized carbons (Fsp3) is 0.217. The summed E-state index contributed by atoms with van der Waals surface area (Å²) in [5.41, 5.74) is 1.71. The van der Waals surface area contributed by atoms with Gasteiger partial charge in [-0.05, 0) is 48.2 Å². The van der Waals surface area contributed by atoms with Crippen LogP contribution in [0.4, 0.5) is 0 Å². The van der Waals surface area contributed by atoms with Gasteiger partial charge in [0.25, 0.3) is 0 Å². The number of aryl methyl sites for hydroxylation is 1. The van der Waals surface area contributed by atoms with Crippen LogP contribution in [0.15, 0.2) is 69.3 Å². The molecule has 6 nitrogen and oxygen atoms in total. The van der Waals surface area contributed by atoms with E-state index in [9.17, 15) is 8.42 Å². The maximum atomic E-state index is 13.4. The topological polar surface area (TPSA) is 77.8 Å². The first-order valence-electron chi connectivity index (χ1n) is 9.96. The zero-order valence-corrected chi connectivity index (χ0v) is 18.5. The Bertz CT molecular complexity index is 1310. The predicted molar refractivity (Wildman–Crippen MR) is 119 cm³/mol. The highest BCUT2D eigenvalue weighted by Crippen LogP contribution is 2.36. The zero-order valence-electron chi connectivity index (χ0n) is 16.8. The Morgan fingerprint density at radius 1 is 1.00 bits per heavy atom. The Morgan fingerprint density at radius 3 is 2.58 bits per heavy atom. The molecule has 0 fully saturated rings. The minimum atomic E-state index is -3.87. The van der Waals surface area contributed by atoms with Crippen LogP contribution in [0.3, 0.4) is 0 Å². The van der Waals surface area contributed by atoms with Gasteiger partial charge in [0.15, 0.2) is 11.5 Å². The normalized spacial score (nSPS) is 15.0. The van der Waals surface area contributed by atoms with Crippen LogP contribution in [0.5, 0.6) is 11.5 Å². The van der Waals surface area contributed by atoms with E-state index >= 15 is 0 Å². The minimum Gasteiger partial charge on any atom is -0.490 e.